The number of carbonyl (C=O) groups is 1. The molecule has 2 rings (SSSR count). The average molecular weight is 544 g/mol. The summed E-state index contributed by atoms with van der Waals surface area (Å²) in [4.78, 5) is 14.5. The van der Waals surface area contributed by atoms with Crippen LogP contribution in [0.2, 0.25) is 0 Å². The van der Waals surface area contributed by atoms with Crippen molar-refractivity contribution in [2.45, 2.75) is 64.4 Å². The van der Waals surface area contributed by atoms with Crippen molar-refractivity contribution in [3.05, 3.63) is 10.4 Å². The van der Waals surface area contributed by atoms with Crippen LogP contribution < -0.4 is 5.32 Å². The molecule has 0 spiro atoms. The molecule has 16 nitrogen and oxygen atoms in total. The van der Waals surface area contributed by atoms with Crippen LogP contribution in [0, 0.1) is 0 Å². The molecule has 10 atom stereocenters. The zero-order valence-electron chi connectivity index (χ0n) is 16.2. The summed E-state index contributed by atoms with van der Waals surface area (Å²) in [5, 5.41) is 85.6. The molecule has 2 fully saturated rings. The van der Waals surface area contributed by atoms with Gasteiger partial charge in [0.25, 0.3) is 9.70 Å². The molecule has 2 aliphatic rings. The van der Waals surface area contributed by atoms with Crippen molar-refractivity contribution in [3.8, 4) is 0 Å². The summed E-state index contributed by atoms with van der Waals surface area (Å²) < 4.78 is 12.7. The van der Waals surface area contributed by atoms with Gasteiger partial charge in [0, 0.05) is 4.91 Å². The summed E-state index contributed by atoms with van der Waals surface area (Å²) in [6.07, 6.45) is -16.1. The predicted molar refractivity (Wildman–Crippen MR) is 104 cm³/mol. The quantitative estimate of drug-likeness (QED) is 0.0511. The van der Waals surface area contributed by atoms with Gasteiger partial charge in [0.15, 0.2) is 6.29 Å². The molecular weight excluding hydrogens is 523 g/mol. The largest absolute Gasteiger partial charge is 0.394 e. The third-order valence-electron chi connectivity index (χ3n) is 5.01. The first-order valence-electron chi connectivity index (χ1n) is 8.98. The molecule has 9 N–H and O–H groups in total. The van der Waals surface area contributed by atoms with Crippen molar-refractivity contribution >= 4 is 40.7 Å². The normalized spacial score (nSPS) is 44.1. The minimum Gasteiger partial charge on any atom is -0.394 e. The number of azide groups is 1. The Labute approximate surface area is 199 Å². The van der Waals surface area contributed by atoms with E-state index >= 15 is 0 Å². The second-order valence-electron chi connectivity index (χ2n) is 7.10. The smallest absolute Gasteiger partial charge is 0.274 e. The first-order chi connectivity index (χ1) is 15.2. The Morgan fingerprint density at radius 1 is 1.06 bits per heavy atom. The van der Waals surface area contributed by atoms with Crippen molar-refractivity contribution in [3.63, 3.8) is 0 Å². The van der Waals surface area contributed by atoms with Gasteiger partial charge >= 0.3 is 0 Å². The molecule has 0 radical (unpaired) electrons. The van der Waals surface area contributed by atoms with Gasteiger partial charge in [-0.15, -0.1) is 0 Å². The van der Waals surface area contributed by atoms with Gasteiger partial charge in [-0.3, -0.25) is 4.79 Å². The lowest BCUT2D eigenvalue weighted by atomic mass is 9.86. The Morgan fingerprint density at radius 3 is 2.12 bits per heavy atom. The van der Waals surface area contributed by atoms with E-state index in [0.717, 1.165) is 0 Å². The van der Waals surface area contributed by atoms with Gasteiger partial charge in [-0.1, -0.05) is 39.9 Å². The Hall–Kier alpha value is -0.790. The van der Waals surface area contributed by atoms with Crippen LogP contribution in [-0.2, 0) is 19.0 Å². The van der Waals surface area contributed by atoms with E-state index in [1.165, 1.54) is 0 Å². The number of halogens is 3. The monoisotopic (exact) mass is 542 g/mol. The molecule has 0 bridgehead atoms. The molecule has 0 aromatic heterocycles. The summed E-state index contributed by atoms with van der Waals surface area (Å²) in [6.45, 7) is -1.93. The fourth-order valence-corrected chi connectivity index (χ4v) is 3.30. The van der Waals surface area contributed by atoms with Gasteiger partial charge in [0.05, 0.1) is 13.2 Å². The Balaban J connectivity index is 2.53. The van der Waals surface area contributed by atoms with Crippen LogP contribution in [0.15, 0.2) is 5.11 Å². The third kappa shape index (κ3) is 5.25. The van der Waals surface area contributed by atoms with Crippen LogP contribution >= 0.6 is 34.8 Å². The fraction of sp³-hybridized carbons (Fsp3) is 0.929. The lowest BCUT2D eigenvalue weighted by Gasteiger charge is -2.53. The van der Waals surface area contributed by atoms with Gasteiger partial charge in [0.2, 0.25) is 17.7 Å². The van der Waals surface area contributed by atoms with Gasteiger partial charge in [0.1, 0.15) is 36.6 Å². The number of nitrogens with zero attached hydrogens (tertiary/aromatic N) is 3. The zero-order chi connectivity index (χ0) is 25.4. The molecule has 0 aliphatic carbocycles. The maximum atomic E-state index is 12.2. The number of aliphatic hydroxyl groups is 8. The number of rotatable bonds is 6. The van der Waals surface area contributed by atoms with E-state index < -0.39 is 83.6 Å². The SMILES string of the molecule is [N-]=[N+]=N[C@]1(O)[C@@H](O)[C@@H](CO)O[C@@H](OC2O[C@H](CO)[C@H](O)[C@H](O)[C@H]2O)[C@@]1(O)NC(=O)C(Cl)(Cl)Cl. The third-order valence-corrected chi connectivity index (χ3v) is 5.52. The molecule has 33 heavy (non-hydrogen) atoms. The van der Waals surface area contributed by atoms with Gasteiger partial charge < -0.3 is 60.4 Å². The predicted octanol–water partition coefficient (Wildman–Crippen LogP) is -3.95. The Bertz CT molecular complexity index is 770. The van der Waals surface area contributed by atoms with Crippen LogP contribution in [0.25, 0.3) is 10.4 Å². The molecule has 1 unspecified atom stereocenters. The van der Waals surface area contributed by atoms with Crippen molar-refractivity contribution in [1.29, 1.82) is 0 Å². The lowest BCUT2D eigenvalue weighted by Crippen LogP contribution is -2.80. The van der Waals surface area contributed by atoms with Crippen molar-refractivity contribution in [2.24, 2.45) is 5.11 Å². The maximum absolute atomic E-state index is 12.2. The zero-order valence-corrected chi connectivity index (χ0v) is 18.5. The lowest BCUT2D eigenvalue weighted by molar-refractivity contribution is -0.419. The van der Waals surface area contributed by atoms with Crippen LogP contribution in [-0.4, -0.2) is 124 Å². The molecular formula is C14H21Cl3N4O12. The van der Waals surface area contributed by atoms with Crippen molar-refractivity contribution < 1.29 is 59.9 Å². The molecule has 19 heteroatoms. The van der Waals surface area contributed by atoms with E-state index in [1.54, 1.807) is 5.32 Å². The molecule has 2 saturated heterocycles. The minimum atomic E-state index is -3.48. The molecule has 0 saturated carbocycles. The van der Waals surface area contributed by atoms with E-state index in [-0.39, 0.29) is 0 Å². The number of amides is 1. The number of alkyl halides is 3. The fourth-order valence-electron chi connectivity index (χ4n) is 3.16. The van der Waals surface area contributed by atoms with Gasteiger partial charge in [-0.05, 0) is 5.53 Å². The summed E-state index contributed by atoms with van der Waals surface area (Å²) in [5.74, 6) is -1.64. The molecule has 2 heterocycles. The molecule has 0 aromatic carbocycles. The van der Waals surface area contributed by atoms with E-state index in [2.05, 4.69) is 10.0 Å². The summed E-state index contributed by atoms with van der Waals surface area (Å²) in [5.41, 5.74) is 1.93. The summed E-state index contributed by atoms with van der Waals surface area (Å²) in [6, 6.07) is 0. The second-order valence-corrected chi connectivity index (χ2v) is 9.38. The average Bonchev–Trinajstić information content (AvgIpc) is 2.74. The first kappa shape index (κ1) is 28.4. The highest BCUT2D eigenvalue weighted by Gasteiger charge is 2.68. The first-order valence-corrected chi connectivity index (χ1v) is 10.1. The van der Waals surface area contributed by atoms with Crippen LogP contribution in [0.1, 0.15) is 0 Å². The number of nitrogens with one attached hydrogen (secondary N) is 1. The molecule has 190 valence electrons. The molecule has 1 amide bonds. The van der Waals surface area contributed by atoms with E-state index in [1.807, 2.05) is 0 Å². The Morgan fingerprint density at radius 2 is 1.64 bits per heavy atom. The number of aliphatic hydroxyl groups excluding tert-OH is 6. The van der Waals surface area contributed by atoms with Crippen LogP contribution in [0.5, 0.6) is 0 Å². The highest BCUT2D eigenvalue weighted by Crippen LogP contribution is 2.41. The van der Waals surface area contributed by atoms with Crippen LogP contribution in [0.3, 0.4) is 0 Å². The van der Waals surface area contributed by atoms with E-state index in [4.69, 9.17) is 54.5 Å². The molecule has 0 aromatic rings. The highest BCUT2D eigenvalue weighted by atomic mass is 35.6. The Kier molecular flexibility index (Phi) is 9.01. The number of carbonyl (C=O) groups excluding carboxylic acids is 1. The standard InChI is InChI=1S/C14H21Cl3N4O12/c15-14(16,17)10(28)19-13(30)11(32-4(2-23)8(27)12(13,29)20-21-18)33-9-7(26)6(25)5(24)3(1-22)31-9/h3-9,11,22-27,29-30H,1-2H2,(H,19,28)/t3-,4-,5+,6+,7-,8+,9?,11+,12+,13+/m1/s1. The summed E-state index contributed by atoms with van der Waals surface area (Å²) in [7, 11) is 0. The topological polar surface area (TPSA) is 267 Å². The second kappa shape index (κ2) is 10.4. The highest BCUT2D eigenvalue weighted by molar-refractivity contribution is 6.76. The van der Waals surface area contributed by atoms with Crippen molar-refractivity contribution in [1.82, 2.24) is 5.32 Å². The maximum Gasteiger partial charge on any atom is 0.274 e. The van der Waals surface area contributed by atoms with Crippen LogP contribution in [0.4, 0.5) is 0 Å². The van der Waals surface area contributed by atoms with Crippen molar-refractivity contribution in [2.75, 3.05) is 13.2 Å². The van der Waals surface area contributed by atoms with E-state index in [0.29, 0.717) is 0 Å². The minimum absolute atomic E-state index is 0.870. The van der Waals surface area contributed by atoms with Gasteiger partial charge in [-0.25, -0.2) is 0 Å². The van der Waals surface area contributed by atoms with Gasteiger partial charge in [-0.2, -0.15) is 0 Å². The van der Waals surface area contributed by atoms with E-state index in [9.17, 15) is 45.6 Å². The number of hydrogen-bond donors (Lipinski definition) is 9. The number of hydrogen-bond acceptors (Lipinski definition) is 13. The summed E-state index contributed by atoms with van der Waals surface area (Å²) >= 11 is 16.3. The number of ether oxygens (including phenoxy) is 3. The molecule has 2 aliphatic heterocycles.